The first-order valence-electron chi connectivity index (χ1n) is 9.19. The lowest BCUT2D eigenvalue weighted by Gasteiger charge is -2.41. The van der Waals surface area contributed by atoms with Crippen molar-refractivity contribution in [3.8, 4) is 0 Å². The van der Waals surface area contributed by atoms with Gasteiger partial charge in [-0.25, -0.2) is 9.97 Å². The molecule has 0 spiro atoms. The van der Waals surface area contributed by atoms with Crippen molar-refractivity contribution in [2.24, 2.45) is 11.8 Å². The number of hydrogen-bond acceptors (Lipinski definition) is 4. The molecule has 5 rings (SSSR count). The van der Waals surface area contributed by atoms with Crippen LogP contribution in [0.3, 0.4) is 0 Å². The summed E-state index contributed by atoms with van der Waals surface area (Å²) in [5.41, 5.74) is 0. The first-order valence-corrected chi connectivity index (χ1v) is 9.19. The zero-order chi connectivity index (χ0) is 14.5. The molecule has 4 heteroatoms. The van der Waals surface area contributed by atoms with Crippen molar-refractivity contribution < 1.29 is 0 Å². The van der Waals surface area contributed by atoms with E-state index in [4.69, 9.17) is 4.98 Å². The Bertz CT molecular complexity index is 548. The fraction of sp³-hybridized carbons (Fsp3) is 0.778. The predicted molar refractivity (Wildman–Crippen MR) is 87.0 cm³/mol. The molecule has 1 aromatic rings. The SMILES string of the molecule is c1cc(N2CCN(C3CC4CCC3C4)CC2)nc(C2CC2)n1. The number of fused-ring (bicyclic) bond motifs is 2. The highest BCUT2D eigenvalue weighted by atomic mass is 15.3. The smallest absolute Gasteiger partial charge is 0.133 e. The number of rotatable bonds is 3. The summed E-state index contributed by atoms with van der Waals surface area (Å²) in [5.74, 6) is 4.95. The van der Waals surface area contributed by atoms with Crippen molar-refractivity contribution in [1.29, 1.82) is 0 Å². The average Bonchev–Trinajstić information content (AvgIpc) is 3.22. The monoisotopic (exact) mass is 298 g/mol. The fourth-order valence-corrected chi connectivity index (χ4v) is 5.02. The van der Waals surface area contributed by atoms with Gasteiger partial charge in [0.1, 0.15) is 11.6 Å². The van der Waals surface area contributed by atoms with Gasteiger partial charge in [-0.1, -0.05) is 6.42 Å². The van der Waals surface area contributed by atoms with Gasteiger partial charge in [0.2, 0.25) is 0 Å². The van der Waals surface area contributed by atoms with E-state index in [1.807, 2.05) is 6.20 Å². The Balaban J connectivity index is 1.23. The standard InChI is InChI=1S/C18H26N4/c1-2-15-11-13(1)12-16(15)21-7-9-22(10-8-21)17-5-6-19-18(20-17)14-3-4-14/h5-6,13-16H,1-4,7-12H2. The Hall–Kier alpha value is -1.16. The van der Waals surface area contributed by atoms with Crippen LogP contribution in [0, 0.1) is 11.8 Å². The lowest BCUT2D eigenvalue weighted by molar-refractivity contribution is 0.134. The Morgan fingerprint density at radius 3 is 2.50 bits per heavy atom. The van der Waals surface area contributed by atoms with Gasteiger partial charge in [0.25, 0.3) is 0 Å². The summed E-state index contributed by atoms with van der Waals surface area (Å²) >= 11 is 0. The van der Waals surface area contributed by atoms with E-state index in [1.54, 1.807) is 0 Å². The Morgan fingerprint density at radius 1 is 0.955 bits per heavy atom. The van der Waals surface area contributed by atoms with E-state index in [-0.39, 0.29) is 0 Å². The molecule has 3 aliphatic carbocycles. The van der Waals surface area contributed by atoms with Crippen LogP contribution in [0.2, 0.25) is 0 Å². The van der Waals surface area contributed by atoms with E-state index < -0.39 is 0 Å². The zero-order valence-corrected chi connectivity index (χ0v) is 13.3. The van der Waals surface area contributed by atoms with Crippen LogP contribution in [0.15, 0.2) is 12.3 Å². The van der Waals surface area contributed by atoms with E-state index in [0.717, 1.165) is 42.6 Å². The van der Waals surface area contributed by atoms with Gasteiger partial charge in [0.05, 0.1) is 0 Å². The highest BCUT2D eigenvalue weighted by molar-refractivity contribution is 5.38. The van der Waals surface area contributed by atoms with Crippen LogP contribution in [0.25, 0.3) is 0 Å². The van der Waals surface area contributed by atoms with E-state index in [1.165, 1.54) is 51.6 Å². The molecule has 0 radical (unpaired) electrons. The van der Waals surface area contributed by atoms with Crippen LogP contribution < -0.4 is 4.90 Å². The second-order valence-electron chi connectivity index (χ2n) is 7.81. The van der Waals surface area contributed by atoms with E-state index in [9.17, 15) is 0 Å². The summed E-state index contributed by atoms with van der Waals surface area (Å²) in [6, 6.07) is 2.99. The molecule has 0 aromatic carbocycles. The summed E-state index contributed by atoms with van der Waals surface area (Å²) in [5, 5.41) is 0. The van der Waals surface area contributed by atoms with Crippen LogP contribution in [0.1, 0.15) is 50.3 Å². The maximum atomic E-state index is 4.82. The highest BCUT2D eigenvalue weighted by Gasteiger charge is 2.42. The molecule has 4 nitrogen and oxygen atoms in total. The van der Waals surface area contributed by atoms with Crippen molar-refractivity contribution >= 4 is 5.82 Å². The lowest BCUT2D eigenvalue weighted by atomic mass is 9.93. The summed E-state index contributed by atoms with van der Waals surface area (Å²) < 4.78 is 0. The third-order valence-electron chi connectivity index (χ3n) is 6.41. The molecule has 0 amide bonds. The van der Waals surface area contributed by atoms with Crippen molar-refractivity contribution in [2.45, 2.75) is 50.5 Å². The van der Waals surface area contributed by atoms with Crippen molar-refractivity contribution in [3.05, 3.63) is 18.1 Å². The third-order valence-corrected chi connectivity index (χ3v) is 6.41. The van der Waals surface area contributed by atoms with Gasteiger partial charge in [0, 0.05) is 44.3 Å². The average molecular weight is 298 g/mol. The largest absolute Gasteiger partial charge is 0.354 e. The Kier molecular flexibility index (Phi) is 3.14. The van der Waals surface area contributed by atoms with Gasteiger partial charge < -0.3 is 4.90 Å². The maximum absolute atomic E-state index is 4.82. The normalized spacial score (nSPS) is 35.3. The maximum Gasteiger partial charge on any atom is 0.133 e. The van der Waals surface area contributed by atoms with Crippen LogP contribution >= 0.6 is 0 Å². The summed E-state index contributed by atoms with van der Waals surface area (Å²) in [6.45, 7) is 4.71. The molecule has 1 aromatic heterocycles. The predicted octanol–water partition coefficient (Wildman–Crippen LogP) is 2.66. The minimum atomic E-state index is 0.648. The molecule has 3 saturated carbocycles. The first kappa shape index (κ1) is 13.3. The van der Waals surface area contributed by atoms with Gasteiger partial charge in [-0.15, -0.1) is 0 Å². The fourth-order valence-electron chi connectivity index (χ4n) is 5.02. The zero-order valence-electron chi connectivity index (χ0n) is 13.3. The Labute approximate surface area is 132 Å². The second kappa shape index (κ2) is 5.19. The van der Waals surface area contributed by atoms with E-state index >= 15 is 0 Å². The highest BCUT2D eigenvalue weighted by Crippen LogP contribution is 2.46. The summed E-state index contributed by atoms with van der Waals surface area (Å²) in [7, 11) is 0. The van der Waals surface area contributed by atoms with Crippen LogP contribution in [-0.4, -0.2) is 47.1 Å². The number of nitrogens with zero attached hydrogens (tertiary/aromatic N) is 4. The third kappa shape index (κ3) is 2.32. The number of hydrogen-bond donors (Lipinski definition) is 0. The first-order chi connectivity index (χ1) is 10.9. The van der Waals surface area contributed by atoms with Crippen LogP contribution in [0.4, 0.5) is 5.82 Å². The molecule has 2 heterocycles. The number of anilines is 1. The van der Waals surface area contributed by atoms with Crippen LogP contribution in [0.5, 0.6) is 0 Å². The van der Waals surface area contributed by atoms with Gasteiger partial charge in [0.15, 0.2) is 0 Å². The Morgan fingerprint density at radius 2 is 1.82 bits per heavy atom. The molecule has 22 heavy (non-hydrogen) atoms. The molecule has 0 N–H and O–H groups in total. The molecular weight excluding hydrogens is 272 g/mol. The van der Waals surface area contributed by atoms with Crippen LogP contribution in [-0.2, 0) is 0 Å². The van der Waals surface area contributed by atoms with Crippen molar-refractivity contribution in [2.75, 3.05) is 31.1 Å². The molecule has 1 saturated heterocycles. The quantitative estimate of drug-likeness (QED) is 0.859. The molecule has 2 bridgehead atoms. The number of piperazine rings is 1. The number of aromatic nitrogens is 2. The van der Waals surface area contributed by atoms with Gasteiger partial charge in [-0.05, 0) is 50.0 Å². The van der Waals surface area contributed by atoms with Gasteiger partial charge >= 0.3 is 0 Å². The minimum absolute atomic E-state index is 0.648. The lowest BCUT2D eigenvalue weighted by Crippen LogP contribution is -2.52. The van der Waals surface area contributed by atoms with Crippen molar-refractivity contribution in [3.63, 3.8) is 0 Å². The second-order valence-corrected chi connectivity index (χ2v) is 7.81. The molecule has 1 aliphatic heterocycles. The van der Waals surface area contributed by atoms with E-state index in [2.05, 4.69) is 20.9 Å². The van der Waals surface area contributed by atoms with Crippen molar-refractivity contribution in [1.82, 2.24) is 14.9 Å². The molecule has 4 aliphatic rings. The summed E-state index contributed by atoms with van der Waals surface area (Å²) in [6.07, 6.45) is 10.5. The molecule has 3 atom stereocenters. The molecule has 3 unspecified atom stereocenters. The van der Waals surface area contributed by atoms with E-state index in [0.29, 0.717) is 5.92 Å². The summed E-state index contributed by atoms with van der Waals surface area (Å²) in [4.78, 5) is 14.5. The molecule has 118 valence electrons. The minimum Gasteiger partial charge on any atom is -0.354 e. The molecule has 4 fully saturated rings. The van der Waals surface area contributed by atoms with Gasteiger partial charge in [-0.3, -0.25) is 4.90 Å². The van der Waals surface area contributed by atoms with Gasteiger partial charge in [-0.2, -0.15) is 0 Å². The topological polar surface area (TPSA) is 32.3 Å². The molecular formula is C18H26N4.